The van der Waals surface area contributed by atoms with Crippen LogP contribution in [0.4, 0.5) is 0 Å². The normalized spacial score (nSPS) is 28.1. The Hall–Kier alpha value is -0.0800. The molecule has 0 aromatic heterocycles. The molecule has 1 fully saturated rings. The van der Waals surface area contributed by atoms with Crippen molar-refractivity contribution < 1.29 is 0 Å². The van der Waals surface area contributed by atoms with Gasteiger partial charge in [0.1, 0.15) is 0 Å². The van der Waals surface area contributed by atoms with Crippen molar-refractivity contribution in [3.05, 3.63) is 0 Å². The molecule has 0 aliphatic heterocycles. The summed E-state index contributed by atoms with van der Waals surface area (Å²) in [6, 6.07) is 0.663. The Bertz CT molecular complexity index is 210. The molecule has 0 aromatic rings. The van der Waals surface area contributed by atoms with Crippen LogP contribution >= 0.6 is 0 Å². The van der Waals surface area contributed by atoms with E-state index in [0.29, 0.717) is 11.5 Å². The van der Waals surface area contributed by atoms with E-state index in [1.807, 2.05) is 0 Å². The second-order valence-electron chi connectivity index (χ2n) is 7.23. The molecule has 1 rings (SSSR count). The van der Waals surface area contributed by atoms with Gasteiger partial charge >= 0.3 is 0 Å². The summed E-state index contributed by atoms with van der Waals surface area (Å²) in [6.45, 7) is 12.2. The predicted molar refractivity (Wildman–Crippen MR) is 71.5 cm³/mol. The summed E-state index contributed by atoms with van der Waals surface area (Å²) in [7, 11) is 0. The first-order valence-electron chi connectivity index (χ1n) is 6.72. The van der Waals surface area contributed by atoms with E-state index in [1.165, 1.54) is 25.7 Å². The lowest BCUT2D eigenvalue weighted by atomic mass is 9.69. The summed E-state index contributed by atoms with van der Waals surface area (Å²) in [5.74, 6) is 0.795. The molecule has 0 saturated heterocycles. The van der Waals surface area contributed by atoms with E-state index in [1.54, 1.807) is 0 Å². The van der Waals surface area contributed by atoms with Crippen LogP contribution in [-0.4, -0.2) is 18.1 Å². The highest BCUT2D eigenvalue weighted by Gasteiger charge is 2.34. The first kappa shape index (κ1) is 14.0. The van der Waals surface area contributed by atoms with E-state index in [0.717, 1.165) is 12.5 Å². The molecule has 0 bridgehead atoms. The fourth-order valence-corrected chi connectivity index (χ4v) is 2.81. The van der Waals surface area contributed by atoms with E-state index in [9.17, 15) is 0 Å². The molecule has 1 aliphatic carbocycles. The van der Waals surface area contributed by atoms with Gasteiger partial charge in [-0.05, 0) is 38.0 Å². The third kappa shape index (κ3) is 4.42. The summed E-state index contributed by atoms with van der Waals surface area (Å²) < 4.78 is 0. The standard InChI is InChI=1S/C14H30N2/c1-13(2,3)11-8-6-7-9-12(11)16-10-14(4,5)15/h11-12,16H,6-10,15H2,1-5H3. The topological polar surface area (TPSA) is 38.0 Å². The summed E-state index contributed by atoms with van der Waals surface area (Å²) in [5.41, 5.74) is 6.36. The van der Waals surface area contributed by atoms with Gasteiger partial charge in [-0.2, -0.15) is 0 Å². The fraction of sp³-hybridized carbons (Fsp3) is 1.00. The van der Waals surface area contributed by atoms with Crippen LogP contribution in [-0.2, 0) is 0 Å². The highest BCUT2D eigenvalue weighted by atomic mass is 15.0. The number of rotatable bonds is 3. The van der Waals surface area contributed by atoms with Gasteiger partial charge in [0.25, 0.3) is 0 Å². The maximum absolute atomic E-state index is 6.04. The van der Waals surface area contributed by atoms with Crippen molar-refractivity contribution in [2.45, 2.75) is 71.9 Å². The van der Waals surface area contributed by atoms with Crippen molar-refractivity contribution in [3.63, 3.8) is 0 Å². The van der Waals surface area contributed by atoms with Gasteiger partial charge in [-0.15, -0.1) is 0 Å². The first-order valence-corrected chi connectivity index (χ1v) is 6.72. The quantitative estimate of drug-likeness (QED) is 0.776. The molecular formula is C14H30N2. The molecule has 16 heavy (non-hydrogen) atoms. The van der Waals surface area contributed by atoms with Gasteiger partial charge in [-0.25, -0.2) is 0 Å². The third-order valence-corrected chi connectivity index (χ3v) is 3.70. The molecule has 96 valence electrons. The maximum Gasteiger partial charge on any atom is 0.0223 e. The van der Waals surface area contributed by atoms with Gasteiger partial charge < -0.3 is 11.1 Å². The molecule has 0 radical (unpaired) electrons. The fourth-order valence-electron chi connectivity index (χ4n) is 2.81. The zero-order valence-corrected chi connectivity index (χ0v) is 11.8. The minimum absolute atomic E-state index is 0.0973. The lowest BCUT2D eigenvalue weighted by Crippen LogP contribution is -2.51. The highest BCUT2D eigenvalue weighted by Crippen LogP contribution is 2.37. The van der Waals surface area contributed by atoms with Crippen LogP contribution in [0.5, 0.6) is 0 Å². The minimum atomic E-state index is -0.0973. The van der Waals surface area contributed by atoms with Crippen LogP contribution in [0.25, 0.3) is 0 Å². The average molecular weight is 226 g/mol. The molecule has 2 nitrogen and oxygen atoms in total. The summed E-state index contributed by atoms with van der Waals surface area (Å²) in [5, 5.41) is 3.69. The van der Waals surface area contributed by atoms with Crippen molar-refractivity contribution in [2.24, 2.45) is 17.1 Å². The monoisotopic (exact) mass is 226 g/mol. The zero-order chi connectivity index (χ0) is 12.4. The van der Waals surface area contributed by atoms with Crippen molar-refractivity contribution in [3.8, 4) is 0 Å². The van der Waals surface area contributed by atoms with Crippen LogP contribution < -0.4 is 11.1 Å². The van der Waals surface area contributed by atoms with Crippen LogP contribution in [0.1, 0.15) is 60.3 Å². The Balaban J connectivity index is 2.54. The van der Waals surface area contributed by atoms with E-state index < -0.39 is 0 Å². The Morgan fingerprint density at radius 1 is 1.06 bits per heavy atom. The summed E-state index contributed by atoms with van der Waals surface area (Å²) >= 11 is 0. The van der Waals surface area contributed by atoms with Crippen LogP contribution in [0.15, 0.2) is 0 Å². The van der Waals surface area contributed by atoms with Crippen molar-refractivity contribution in [1.82, 2.24) is 5.32 Å². The van der Waals surface area contributed by atoms with Gasteiger partial charge in [0.15, 0.2) is 0 Å². The molecule has 0 aromatic carbocycles. The lowest BCUT2D eigenvalue weighted by Gasteiger charge is -2.42. The zero-order valence-electron chi connectivity index (χ0n) is 11.8. The number of hydrogen-bond donors (Lipinski definition) is 2. The van der Waals surface area contributed by atoms with Crippen LogP contribution in [0, 0.1) is 11.3 Å². The van der Waals surface area contributed by atoms with Crippen molar-refractivity contribution in [1.29, 1.82) is 0 Å². The molecule has 0 amide bonds. The number of hydrogen-bond acceptors (Lipinski definition) is 2. The molecule has 1 aliphatic rings. The average Bonchev–Trinajstić information content (AvgIpc) is 2.12. The minimum Gasteiger partial charge on any atom is -0.324 e. The molecule has 1 saturated carbocycles. The van der Waals surface area contributed by atoms with Gasteiger partial charge in [0.2, 0.25) is 0 Å². The molecular weight excluding hydrogens is 196 g/mol. The Morgan fingerprint density at radius 3 is 2.12 bits per heavy atom. The second kappa shape index (κ2) is 5.05. The van der Waals surface area contributed by atoms with Gasteiger partial charge in [0.05, 0.1) is 0 Å². The third-order valence-electron chi connectivity index (χ3n) is 3.70. The molecule has 0 spiro atoms. The highest BCUT2D eigenvalue weighted by molar-refractivity contribution is 4.90. The van der Waals surface area contributed by atoms with Gasteiger partial charge in [-0.1, -0.05) is 33.6 Å². The van der Waals surface area contributed by atoms with Gasteiger partial charge in [-0.3, -0.25) is 0 Å². The van der Waals surface area contributed by atoms with E-state index in [2.05, 4.69) is 39.9 Å². The molecule has 0 heterocycles. The van der Waals surface area contributed by atoms with Crippen molar-refractivity contribution >= 4 is 0 Å². The smallest absolute Gasteiger partial charge is 0.0223 e. The SMILES string of the molecule is CC(C)(N)CNC1CCCCC1C(C)(C)C. The van der Waals surface area contributed by atoms with Crippen LogP contribution in [0.3, 0.4) is 0 Å². The molecule has 2 atom stereocenters. The molecule has 2 heteroatoms. The summed E-state index contributed by atoms with van der Waals surface area (Å²) in [4.78, 5) is 0. The lowest BCUT2D eigenvalue weighted by molar-refractivity contribution is 0.127. The van der Waals surface area contributed by atoms with E-state index >= 15 is 0 Å². The number of nitrogens with one attached hydrogen (secondary N) is 1. The largest absolute Gasteiger partial charge is 0.324 e. The Kier molecular flexibility index (Phi) is 4.42. The first-order chi connectivity index (χ1) is 7.20. The van der Waals surface area contributed by atoms with E-state index in [-0.39, 0.29) is 5.54 Å². The van der Waals surface area contributed by atoms with E-state index in [4.69, 9.17) is 5.73 Å². The Labute approximate surface area is 101 Å². The van der Waals surface area contributed by atoms with Crippen molar-refractivity contribution in [2.75, 3.05) is 6.54 Å². The summed E-state index contributed by atoms with van der Waals surface area (Å²) in [6.07, 6.45) is 5.45. The molecule has 2 unspecified atom stereocenters. The second-order valence-corrected chi connectivity index (χ2v) is 7.23. The molecule has 3 N–H and O–H groups in total. The van der Waals surface area contributed by atoms with Crippen LogP contribution in [0.2, 0.25) is 0 Å². The maximum atomic E-state index is 6.04. The Morgan fingerprint density at radius 2 is 1.62 bits per heavy atom. The number of nitrogens with two attached hydrogens (primary N) is 1. The predicted octanol–water partition coefficient (Wildman–Crippen LogP) is 2.92. The van der Waals surface area contributed by atoms with Gasteiger partial charge in [0, 0.05) is 18.1 Å².